The molecule has 0 aromatic rings. The number of fused-ring (bicyclic) bond motifs is 9. The largest absolute Gasteiger partial charge is 0.369 e. The molecule has 0 saturated carbocycles. The molecule has 2 bridgehead atoms. The van der Waals surface area contributed by atoms with Gasteiger partial charge in [0, 0.05) is 26.2 Å². The van der Waals surface area contributed by atoms with E-state index < -0.39 is 0 Å². The molecule has 0 aromatic heterocycles. The van der Waals surface area contributed by atoms with E-state index in [0.717, 1.165) is 0 Å². The second-order valence-electron chi connectivity index (χ2n) is 3.87. The third-order valence-corrected chi connectivity index (χ3v) is 2.81. The molecule has 3 saturated heterocycles. The molecule has 0 aliphatic carbocycles. The van der Waals surface area contributed by atoms with Gasteiger partial charge in [-0.3, -0.25) is 9.59 Å². The van der Waals surface area contributed by atoms with Crippen LogP contribution in [0.25, 0.3) is 0 Å². The Labute approximate surface area is 94.1 Å². The first-order chi connectivity index (χ1) is 7.77. The highest BCUT2D eigenvalue weighted by molar-refractivity contribution is 5.79. The Hall–Kier alpha value is -1.14. The lowest BCUT2D eigenvalue weighted by molar-refractivity contribution is -0.147. The predicted octanol–water partition coefficient (Wildman–Crippen LogP) is -1.30. The third kappa shape index (κ3) is 2.70. The number of hydrogen-bond donors (Lipinski definition) is 0. The van der Waals surface area contributed by atoms with Crippen molar-refractivity contribution in [1.29, 1.82) is 0 Å². The molecular weight excluding hydrogens is 212 g/mol. The number of ether oxygens (including phenoxy) is 2. The highest BCUT2D eigenvalue weighted by atomic mass is 16.5. The lowest BCUT2D eigenvalue weighted by Crippen LogP contribution is -2.52. The van der Waals surface area contributed by atoms with Gasteiger partial charge >= 0.3 is 0 Å². The van der Waals surface area contributed by atoms with Crippen LogP contribution in [0, 0.1) is 0 Å². The number of carbonyl (C=O) groups excluding carboxylic acids is 2. The van der Waals surface area contributed by atoms with Crippen LogP contribution in [0.4, 0.5) is 0 Å². The van der Waals surface area contributed by atoms with Crippen LogP contribution in [-0.4, -0.2) is 74.2 Å². The molecule has 16 heavy (non-hydrogen) atoms. The van der Waals surface area contributed by atoms with E-state index >= 15 is 0 Å². The summed E-state index contributed by atoms with van der Waals surface area (Å²) in [7, 11) is 0. The van der Waals surface area contributed by atoms with Crippen LogP contribution in [0.15, 0.2) is 0 Å². The highest BCUT2D eigenvalue weighted by Crippen LogP contribution is 2.04. The second kappa shape index (κ2) is 5.27. The molecule has 0 N–H and O–H groups in total. The van der Waals surface area contributed by atoms with Gasteiger partial charge < -0.3 is 19.3 Å². The molecule has 0 unspecified atom stereocenters. The normalized spacial score (nSPS) is 24.2. The van der Waals surface area contributed by atoms with Crippen LogP contribution in [0.2, 0.25) is 0 Å². The van der Waals surface area contributed by atoms with Crippen LogP contribution in [-0.2, 0) is 19.1 Å². The van der Waals surface area contributed by atoms with Gasteiger partial charge in [0.15, 0.2) is 0 Å². The Morgan fingerprint density at radius 3 is 1.50 bits per heavy atom. The Balaban J connectivity index is 1.97. The molecule has 3 rings (SSSR count). The Morgan fingerprint density at radius 2 is 1.12 bits per heavy atom. The van der Waals surface area contributed by atoms with Crippen molar-refractivity contribution in [2.75, 3.05) is 52.6 Å². The smallest absolute Gasteiger partial charge is 0.248 e. The molecule has 6 nitrogen and oxygen atoms in total. The van der Waals surface area contributed by atoms with Gasteiger partial charge in [0.1, 0.15) is 13.2 Å². The molecule has 6 heteroatoms. The summed E-state index contributed by atoms with van der Waals surface area (Å²) in [5.41, 5.74) is 0. The first-order valence-corrected chi connectivity index (χ1v) is 5.48. The zero-order valence-electron chi connectivity index (χ0n) is 9.18. The number of amides is 2. The lowest BCUT2D eigenvalue weighted by atomic mass is 10.3. The number of hydrogen-bond acceptors (Lipinski definition) is 4. The molecular formula is C10H16N2O4. The maximum Gasteiger partial charge on any atom is 0.248 e. The minimum Gasteiger partial charge on any atom is -0.369 e. The van der Waals surface area contributed by atoms with E-state index in [2.05, 4.69) is 0 Å². The highest BCUT2D eigenvalue weighted by Gasteiger charge is 2.24. The summed E-state index contributed by atoms with van der Waals surface area (Å²) in [6.07, 6.45) is 0. The van der Waals surface area contributed by atoms with Crippen LogP contribution in [0.3, 0.4) is 0 Å². The average Bonchev–Trinajstić information content (AvgIpc) is 2.31. The number of piperazine rings is 1. The lowest BCUT2D eigenvalue weighted by Gasteiger charge is -2.35. The molecule has 0 spiro atoms. The van der Waals surface area contributed by atoms with E-state index in [1.807, 2.05) is 0 Å². The third-order valence-electron chi connectivity index (χ3n) is 2.81. The Bertz CT molecular complexity index is 246. The van der Waals surface area contributed by atoms with Crippen LogP contribution >= 0.6 is 0 Å². The van der Waals surface area contributed by atoms with Crippen molar-refractivity contribution in [3.63, 3.8) is 0 Å². The van der Waals surface area contributed by atoms with Gasteiger partial charge in [-0.1, -0.05) is 0 Å². The first kappa shape index (κ1) is 11.3. The van der Waals surface area contributed by atoms with Gasteiger partial charge in [-0.05, 0) is 0 Å². The fourth-order valence-corrected chi connectivity index (χ4v) is 1.82. The van der Waals surface area contributed by atoms with Crippen molar-refractivity contribution in [3.05, 3.63) is 0 Å². The molecule has 3 fully saturated rings. The molecule has 3 aliphatic rings. The van der Waals surface area contributed by atoms with Crippen molar-refractivity contribution in [2.45, 2.75) is 0 Å². The van der Waals surface area contributed by atoms with Gasteiger partial charge in [-0.25, -0.2) is 0 Å². The van der Waals surface area contributed by atoms with Gasteiger partial charge in [0.25, 0.3) is 0 Å². The minimum atomic E-state index is -0.00678. The second-order valence-corrected chi connectivity index (χ2v) is 3.87. The summed E-state index contributed by atoms with van der Waals surface area (Å²) in [5, 5.41) is 0. The van der Waals surface area contributed by atoms with Crippen LogP contribution < -0.4 is 0 Å². The number of rotatable bonds is 0. The average molecular weight is 228 g/mol. The van der Waals surface area contributed by atoms with Crippen molar-refractivity contribution >= 4 is 11.8 Å². The fraction of sp³-hybridized carbons (Fsp3) is 0.800. The molecule has 2 amide bonds. The zero-order chi connectivity index (χ0) is 11.4. The van der Waals surface area contributed by atoms with E-state index in [1.54, 1.807) is 9.80 Å². The molecule has 0 aromatic carbocycles. The zero-order valence-corrected chi connectivity index (χ0v) is 9.18. The van der Waals surface area contributed by atoms with E-state index in [0.29, 0.717) is 39.4 Å². The fourth-order valence-electron chi connectivity index (χ4n) is 1.82. The SMILES string of the molecule is O=C1COCCOCC(=O)N2CCN1CC2. The molecule has 3 aliphatic heterocycles. The van der Waals surface area contributed by atoms with Crippen LogP contribution in [0.1, 0.15) is 0 Å². The van der Waals surface area contributed by atoms with Crippen molar-refractivity contribution in [2.24, 2.45) is 0 Å². The topological polar surface area (TPSA) is 59.1 Å². The van der Waals surface area contributed by atoms with Crippen LogP contribution in [0.5, 0.6) is 0 Å². The van der Waals surface area contributed by atoms with Gasteiger partial charge in [-0.2, -0.15) is 0 Å². The maximum atomic E-state index is 11.6. The standard InChI is InChI=1S/C10H16N2O4/c13-9-7-15-5-6-16-8-10(14)12-2-1-11(9)3-4-12/h1-8H2. The number of carbonyl (C=O) groups is 2. The minimum absolute atomic E-state index is 0.00678. The summed E-state index contributed by atoms with van der Waals surface area (Å²) in [4.78, 5) is 26.7. The quantitative estimate of drug-likeness (QED) is 0.517. The first-order valence-electron chi connectivity index (χ1n) is 5.48. The Kier molecular flexibility index (Phi) is 3.74. The van der Waals surface area contributed by atoms with Crippen molar-refractivity contribution < 1.29 is 19.1 Å². The maximum absolute atomic E-state index is 11.6. The van der Waals surface area contributed by atoms with E-state index in [4.69, 9.17) is 9.47 Å². The summed E-state index contributed by atoms with van der Waals surface area (Å²) in [6.45, 7) is 3.29. The van der Waals surface area contributed by atoms with Crippen molar-refractivity contribution in [3.8, 4) is 0 Å². The van der Waals surface area contributed by atoms with Gasteiger partial charge in [0.05, 0.1) is 13.2 Å². The molecule has 0 atom stereocenters. The number of nitrogens with zero attached hydrogens (tertiary/aromatic N) is 2. The monoisotopic (exact) mass is 228 g/mol. The Morgan fingerprint density at radius 1 is 0.750 bits per heavy atom. The molecule has 90 valence electrons. The summed E-state index contributed by atoms with van der Waals surface area (Å²) >= 11 is 0. The van der Waals surface area contributed by atoms with E-state index in [9.17, 15) is 9.59 Å². The van der Waals surface area contributed by atoms with Crippen molar-refractivity contribution in [1.82, 2.24) is 9.80 Å². The molecule has 3 heterocycles. The predicted molar refractivity (Wildman–Crippen MR) is 54.8 cm³/mol. The molecule has 0 radical (unpaired) electrons. The van der Waals surface area contributed by atoms with Gasteiger partial charge in [-0.15, -0.1) is 0 Å². The van der Waals surface area contributed by atoms with E-state index in [-0.39, 0.29) is 25.0 Å². The van der Waals surface area contributed by atoms with Gasteiger partial charge in [0.2, 0.25) is 11.8 Å². The summed E-state index contributed by atoms with van der Waals surface area (Å²) < 4.78 is 10.3. The van der Waals surface area contributed by atoms with E-state index in [1.165, 1.54) is 0 Å². The summed E-state index contributed by atoms with van der Waals surface area (Å²) in [6, 6.07) is 0. The summed E-state index contributed by atoms with van der Waals surface area (Å²) in [5.74, 6) is -0.0136.